The molecular weight excluding hydrogens is 232 g/mol. The molecule has 0 saturated heterocycles. The smallest absolute Gasteiger partial charge is 0.157 e. The number of aromatic amines is 1. The van der Waals surface area contributed by atoms with Crippen molar-refractivity contribution in [1.29, 1.82) is 0 Å². The van der Waals surface area contributed by atoms with Crippen LogP contribution in [0.3, 0.4) is 0 Å². The Morgan fingerprint density at radius 1 is 1.38 bits per heavy atom. The molecular formula is C8H7BrN4. The van der Waals surface area contributed by atoms with Gasteiger partial charge in [0.05, 0.1) is 5.69 Å². The van der Waals surface area contributed by atoms with Gasteiger partial charge in [0.25, 0.3) is 0 Å². The van der Waals surface area contributed by atoms with Crippen LogP contribution in [-0.2, 0) is 0 Å². The monoisotopic (exact) mass is 238 g/mol. The van der Waals surface area contributed by atoms with E-state index in [9.17, 15) is 0 Å². The first-order valence-corrected chi connectivity index (χ1v) is 4.48. The Labute approximate surface area is 83.3 Å². The molecule has 0 aliphatic heterocycles. The summed E-state index contributed by atoms with van der Waals surface area (Å²) in [6.45, 7) is 0. The molecule has 4 nitrogen and oxygen atoms in total. The van der Waals surface area contributed by atoms with E-state index in [4.69, 9.17) is 5.73 Å². The van der Waals surface area contributed by atoms with Gasteiger partial charge in [0.1, 0.15) is 6.33 Å². The van der Waals surface area contributed by atoms with Crippen molar-refractivity contribution in [3.05, 3.63) is 29.0 Å². The second-order valence-corrected chi connectivity index (χ2v) is 3.39. The van der Waals surface area contributed by atoms with Crippen LogP contribution in [0.1, 0.15) is 0 Å². The van der Waals surface area contributed by atoms with Crippen LogP contribution in [0.4, 0.5) is 5.69 Å². The number of aromatic nitrogens is 3. The van der Waals surface area contributed by atoms with Crippen molar-refractivity contribution in [2.24, 2.45) is 0 Å². The first-order valence-electron chi connectivity index (χ1n) is 3.69. The van der Waals surface area contributed by atoms with Crippen molar-refractivity contribution in [2.75, 3.05) is 5.73 Å². The summed E-state index contributed by atoms with van der Waals surface area (Å²) >= 11 is 3.34. The van der Waals surface area contributed by atoms with Crippen LogP contribution < -0.4 is 5.73 Å². The van der Waals surface area contributed by atoms with Gasteiger partial charge in [-0.15, -0.1) is 0 Å². The van der Waals surface area contributed by atoms with Gasteiger partial charge < -0.3 is 5.73 Å². The van der Waals surface area contributed by atoms with E-state index < -0.39 is 0 Å². The van der Waals surface area contributed by atoms with Gasteiger partial charge in [-0.2, -0.15) is 5.10 Å². The molecule has 0 amide bonds. The Bertz CT molecular complexity index is 410. The van der Waals surface area contributed by atoms with E-state index in [1.54, 1.807) is 0 Å². The minimum atomic E-state index is 0.666. The van der Waals surface area contributed by atoms with Crippen molar-refractivity contribution in [3.8, 4) is 11.4 Å². The van der Waals surface area contributed by atoms with E-state index in [1.807, 2.05) is 18.2 Å². The van der Waals surface area contributed by atoms with E-state index in [0.717, 1.165) is 10.0 Å². The Morgan fingerprint density at radius 2 is 2.23 bits per heavy atom. The summed E-state index contributed by atoms with van der Waals surface area (Å²) in [5, 5.41) is 6.52. The molecule has 66 valence electrons. The van der Waals surface area contributed by atoms with E-state index in [2.05, 4.69) is 31.1 Å². The van der Waals surface area contributed by atoms with Crippen LogP contribution in [0.5, 0.6) is 0 Å². The highest BCUT2D eigenvalue weighted by molar-refractivity contribution is 9.10. The number of nitrogens with one attached hydrogen (secondary N) is 1. The van der Waals surface area contributed by atoms with Gasteiger partial charge in [-0.25, -0.2) is 4.98 Å². The highest BCUT2D eigenvalue weighted by atomic mass is 79.9. The molecule has 3 N–H and O–H groups in total. The van der Waals surface area contributed by atoms with E-state index in [-0.39, 0.29) is 0 Å². The molecule has 0 spiro atoms. The molecule has 13 heavy (non-hydrogen) atoms. The molecule has 0 aliphatic rings. The predicted octanol–water partition coefficient (Wildman–Crippen LogP) is 1.82. The molecule has 0 aliphatic carbocycles. The first kappa shape index (κ1) is 8.25. The molecule has 0 radical (unpaired) electrons. The zero-order valence-corrected chi connectivity index (χ0v) is 8.25. The summed E-state index contributed by atoms with van der Waals surface area (Å²) in [7, 11) is 0. The average molecular weight is 239 g/mol. The molecule has 1 aromatic heterocycles. The van der Waals surface area contributed by atoms with Crippen LogP contribution in [0, 0.1) is 0 Å². The molecule has 0 atom stereocenters. The second kappa shape index (κ2) is 3.18. The van der Waals surface area contributed by atoms with Gasteiger partial charge in [0.2, 0.25) is 0 Å². The van der Waals surface area contributed by atoms with E-state index >= 15 is 0 Å². The normalized spacial score (nSPS) is 10.2. The summed E-state index contributed by atoms with van der Waals surface area (Å²) in [5.41, 5.74) is 7.36. The Kier molecular flexibility index (Phi) is 2.02. The fourth-order valence-electron chi connectivity index (χ4n) is 1.08. The quantitative estimate of drug-likeness (QED) is 0.745. The highest BCUT2D eigenvalue weighted by Crippen LogP contribution is 2.28. The van der Waals surface area contributed by atoms with Gasteiger partial charge in [0, 0.05) is 10.0 Å². The number of halogens is 1. The number of hydrogen-bond donors (Lipinski definition) is 2. The van der Waals surface area contributed by atoms with Gasteiger partial charge in [0.15, 0.2) is 5.82 Å². The van der Waals surface area contributed by atoms with Crippen LogP contribution in [0.25, 0.3) is 11.4 Å². The minimum Gasteiger partial charge on any atom is -0.397 e. The van der Waals surface area contributed by atoms with E-state index in [0.29, 0.717) is 11.5 Å². The Morgan fingerprint density at radius 3 is 2.92 bits per heavy atom. The number of nitrogens with zero attached hydrogens (tertiary/aromatic N) is 2. The van der Waals surface area contributed by atoms with Crippen molar-refractivity contribution < 1.29 is 0 Å². The molecule has 0 fully saturated rings. The lowest BCUT2D eigenvalue weighted by molar-refractivity contribution is 1.10. The lowest BCUT2D eigenvalue weighted by atomic mass is 10.2. The van der Waals surface area contributed by atoms with Crippen LogP contribution in [0.2, 0.25) is 0 Å². The maximum Gasteiger partial charge on any atom is 0.157 e. The van der Waals surface area contributed by atoms with Crippen LogP contribution >= 0.6 is 15.9 Å². The Balaban J connectivity index is 2.59. The molecule has 0 unspecified atom stereocenters. The molecule has 2 aromatic rings. The average Bonchev–Trinajstić information content (AvgIpc) is 2.62. The standard InChI is InChI=1S/C8H7BrN4/c9-6-3-1-2-5(7(6)10)8-11-4-12-13-8/h1-4H,10H2,(H,11,12,13). The maximum atomic E-state index is 5.84. The Hall–Kier alpha value is -1.36. The van der Waals surface area contributed by atoms with Crippen molar-refractivity contribution >= 4 is 21.6 Å². The third-order valence-corrected chi connectivity index (χ3v) is 2.41. The van der Waals surface area contributed by atoms with Crippen molar-refractivity contribution in [3.63, 3.8) is 0 Å². The topological polar surface area (TPSA) is 67.6 Å². The third-order valence-electron chi connectivity index (χ3n) is 1.72. The number of para-hydroxylation sites is 1. The number of anilines is 1. The van der Waals surface area contributed by atoms with Crippen molar-refractivity contribution in [1.82, 2.24) is 15.2 Å². The zero-order chi connectivity index (χ0) is 9.26. The summed E-state index contributed by atoms with van der Waals surface area (Å²) < 4.78 is 0.862. The predicted molar refractivity (Wildman–Crippen MR) is 53.9 cm³/mol. The largest absolute Gasteiger partial charge is 0.397 e. The maximum absolute atomic E-state index is 5.84. The van der Waals surface area contributed by atoms with Gasteiger partial charge in [-0.1, -0.05) is 6.07 Å². The summed E-state index contributed by atoms with van der Waals surface area (Å²) in [5.74, 6) is 0.679. The molecule has 5 heteroatoms. The number of benzene rings is 1. The van der Waals surface area contributed by atoms with Gasteiger partial charge in [-0.3, -0.25) is 5.10 Å². The fraction of sp³-hybridized carbons (Fsp3) is 0. The van der Waals surface area contributed by atoms with Gasteiger partial charge >= 0.3 is 0 Å². The number of hydrogen-bond acceptors (Lipinski definition) is 3. The lowest BCUT2D eigenvalue weighted by Gasteiger charge is -2.02. The third kappa shape index (κ3) is 1.42. The van der Waals surface area contributed by atoms with Crippen LogP contribution in [-0.4, -0.2) is 15.2 Å². The molecule has 1 heterocycles. The van der Waals surface area contributed by atoms with Crippen molar-refractivity contribution in [2.45, 2.75) is 0 Å². The summed E-state index contributed by atoms with van der Waals surface area (Å²) in [6.07, 6.45) is 1.45. The van der Waals surface area contributed by atoms with Crippen LogP contribution in [0.15, 0.2) is 29.0 Å². The number of nitrogen functional groups attached to an aromatic ring is 1. The molecule has 1 aromatic carbocycles. The number of rotatable bonds is 1. The number of H-pyrrole nitrogens is 1. The number of nitrogens with two attached hydrogens (primary N) is 1. The fourth-order valence-corrected chi connectivity index (χ4v) is 1.44. The molecule has 2 rings (SSSR count). The summed E-state index contributed by atoms with van der Waals surface area (Å²) in [6, 6.07) is 5.67. The highest BCUT2D eigenvalue weighted by Gasteiger charge is 2.06. The summed E-state index contributed by atoms with van der Waals surface area (Å²) in [4.78, 5) is 4.02. The zero-order valence-electron chi connectivity index (χ0n) is 6.66. The first-order chi connectivity index (χ1) is 6.29. The van der Waals surface area contributed by atoms with Gasteiger partial charge in [-0.05, 0) is 28.1 Å². The van der Waals surface area contributed by atoms with E-state index in [1.165, 1.54) is 6.33 Å². The minimum absolute atomic E-state index is 0.666. The molecule has 0 bridgehead atoms. The second-order valence-electron chi connectivity index (χ2n) is 2.54. The lowest BCUT2D eigenvalue weighted by Crippen LogP contribution is -1.92. The molecule has 0 saturated carbocycles. The SMILES string of the molecule is Nc1c(Br)cccc1-c1ncn[nH]1.